The maximum atomic E-state index is 12.2. The molecule has 0 fully saturated rings. The number of rotatable bonds is 6. The van der Waals surface area contributed by atoms with Gasteiger partial charge in [-0.1, -0.05) is 39.7 Å². The van der Waals surface area contributed by atoms with Crippen LogP contribution in [0.1, 0.15) is 24.1 Å². The number of benzene rings is 2. The van der Waals surface area contributed by atoms with E-state index in [0.29, 0.717) is 10.8 Å². The summed E-state index contributed by atoms with van der Waals surface area (Å²) in [5.74, 6) is 0.312. The van der Waals surface area contributed by atoms with Crippen LogP contribution in [-0.4, -0.2) is 22.1 Å². The third kappa shape index (κ3) is 4.90. The molecule has 2 aromatic carbocycles. The molecule has 140 valence electrons. The molecule has 0 spiro atoms. The minimum atomic E-state index is -0.209. The van der Waals surface area contributed by atoms with Gasteiger partial charge in [0.1, 0.15) is 5.75 Å². The number of hydrogen-bond acceptors (Lipinski definition) is 3. The molecule has 0 aliphatic carbocycles. The van der Waals surface area contributed by atoms with E-state index in [-0.39, 0.29) is 18.6 Å². The monoisotopic (exact) mass is 447 g/mol. The van der Waals surface area contributed by atoms with Crippen molar-refractivity contribution in [2.45, 2.75) is 19.9 Å². The molecule has 0 radical (unpaired) electrons. The zero-order valence-corrected chi connectivity index (χ0v) is 17.3. The number of aryl methyl sites for hydroxylation is 1. The summed E-state index contributed by atoms with van der Waals surface area (Å²) < 4.78 is 8.41. The highest BCUT2D eigenvalue weighted by Gasteiger charge is 2.13. The Labute approximate surface area is 171 Å². The summed E-state index contributed by atoms with van der Waals surface area (Å²) >= 11 is 9.56. The first kappa shape index (κ1) is 19.5. The normalized spacial score (nSPS) is 11.9. The number of amides is 1. The SMILES string of the molecule is Cc1cc(Br)cc(Cl)c1OCC(=O)NC(C)c1ccc(-n2ccnc2)cc1. The lowest BCUT2D eigenvalue weighted by Gasteiger charge is -2.16. The van der Waals surface area contributed by atoms with Crippen LogP contribution in [0.15, 0.2) is 59.6 Å². The van der Waals surface area contributed by atoms with E-state index in [4.69, 9.17) is 16.3 Å². The van der Waals surface area contributed by atoms with Crippen LogP contribution in [0.2, 0.25) is 5.02 Å². The molecule has 0 aliphatic rings. The number of hydrogen-bond donors (Lipinski definition) is 1. The summed E-state index contributed by atoms with van der Waals surface area (Å²) in [6.07, 6.45) is 5.36. The molecule has 1 amide bonds. The predicted molar refractivity (Wildman–Crippen MR) is 110 cm³/mol. The van der Waals surface area contributed by atoms with E-state index in [9.17, 15) is 4.79 Å². The van der Waals surface area contributed by atoms with Gasteiger partial charge < -0.3 is 14.6 Å². The van der Waals surface area contributed by atoms with Crippen LogP contribution in [0.25, 0.3) is 5.69 Å². The van der Waals surface area contributed by atoms with Crippen LogP contribution in [0.4, 0.5) is 0 Å². The summed E-state index contributed by atoms with van der Waals surface area (Å²) in [5.41, 5.74) is 2.88. The Hall–Kier alpha value is -2.31. The zero-order valence-electron chi connectivity index (χ0n) is 14.9. The largest absolute Gasteiger partial charge is 0.482 e. The van der Waals surface area contributed by atoms with Crippen molar-refractivity contribution in [1.29, 1.82) is 0 Å². The average Bonchev–Trinajstić information content (AvgIpc) is 3.15. The third-order valence-electron chi connectivity index (χ3n) is 4.11. The van der Waals surface area contributed by atoms with E-state index >= 15 is 0 Å². The maximum Gasteiger partial charge on any atom is 0.258 e. The van der Waals surface area contributed by atoms with Gasteiger partial charge in [-0.3, -0.25) is 4.79 Å². The van der Waals surface area contributed by atoms with Crippen molar-refractivity contribution in [1.82, 2.24) is 14.9 Å². The Kier molecular flexibility index (Phi) is 6.19. The van der Waals surface area contributed by atoms with Gasteiger partial charge in [-0.2, -0.15) is 0 Å². The molecule has 1 heterocycles. The fourth-order valence-corrected chi connectivity index (χ4v) is 3.75. The Balaban J connectivity index is 1.58. The van der Waals surface area contributed by atoms with Crippen LogP contribution < -0.4 is 10.1 Å². The van der Waals surface area contributed by atoms with Gasteiger partial charge in [-0.05, 0) is 49.2 Å². The number of carbonyl (C=O) groups excluding carboxylic acids is 1. The van der Waals surface area contributed by atoms with E-state index in [1.807, 2.05) is 54.9 Å². The average molecular weight is 449 g/mol. The molecule has 1 aromatic heterocycles. The van der Waals surface area contributed by atoms with Crippen LogP contribution in [0, 0.1) is 6.92 Å². The lowest BCUT2D eigenvalue weighted by atomic mass is 10.1. The highest BCUT2D eigenvalue weighted by molar-refractivity contribution is 9.10. The standard InChI is InChI=1S/C20H19BrClN3O2/c1-13-9-16(21)10-18(22)20(13)27-11-19(26)24-14(2)15-3-5-17(6-4-15)25-8-7-23-12-25/h3-10,12,14H,11H2,1-2H3,(H,24,26). The van der Waals surface area contributed by atoms with Crippen molar-refractivity contribution in [3.8, 4) is 11.4 Å². The first-order chi connectivity index (χ1) is 12.9. The molecule has 1 atom stereocenters. The first-order valence-electron chi connectivity index (χ1n) is 8.40. The smallest absolute Gasteiger partial charge is 0.258 e. The summed E-state index contributed by atoms with van der Waals surface area (Å²) in [7, 11) is 0. The minimum absolute atomic E-state index is 0.0976. The lowest BCUT2D eigenvalue weighted by Crippen LogP contribution is -2.31. The van der Waals surface area contributed by atoms with Gasteiger partial charge >= 0.3 is 0 Å². The molecular formula is C20H19BrClN3O2. The molecule has 7 heteroatoms. The molecule has 27 heavy (non-hydrogen) atoms. The summed E-state index contributed by atoms with van der Waals surface area (Å²) in [6, 6.07) is 11.4. The molecular weight excluding hydrogens is 430 g/mol. The summed E-state index contributed by atoms with van der Waals surface area (Å²) in [5, 5.41) is 3.41. The van der Waals surface area contributed by atoms with Gasteiger partial charge in [0, 0.05) is 22.6 Å². The van der Waals surface area contributed by atoms with Crippen LogP contribution in [0.5, 0.6) is 5.75 Å². The topological polar surface area (TPSA) is 56.1 Å². The molecule has 0 saturated carbocycles. The number of halogens is 2. The van der Waals surface area contributed by atoms with Gasteiger partial charge in [0.2, 0.25) is 0 Å². The second kappa shape index (κ2) is 8.59. The van der Waals surface area contributed by atoms with E-state index < -0.39 is 0 Å². The van der Waals surface area contributed by atoms with Crippen molar-refractivity contribution in [3.05, 3.63) is 75.7 Å². The van der Waals surface area contributed by atoms with Crippen molar-refractivity contribution in [3.63, 3.8) is 0 Å². The predicted octanol–water partition coefficient (Wildman–Crippen LogP) is 4.85. The molecule has 0 aliphatic heterocycles. The van der Waals surface area contributed by atoms with Gasteiger partial charge in [0.25, 0.3) is 5.91 Å². The maximum absolute atomic E-state index is 12.2. The molecule has 5 nitrogen and oxygen atoms in total. The Morgan fingerprint density at radius 2 is 2.07 bits per heavy atom. The van der Waals surface area contributed by atoms with Crippen molar-refractivity contribution < 1.29 is 9.53 Å². The Bertz CT molecular complexity index is 904. The van der Waals surface area contributed by atoms with Crippen molar-refractivity contribution in [2.24, 2.45) is 0 Å². The van der Waals surface area contributed by atoms with Gasteiger partial charge in [-0.25, -0.2) is 4.98 Å². The number of nitrogens with one attached hydrogen (secondary N) is 1. The highest BCUT2D eigenvalue weighted by atomic mass is 79.9. The van der Waals surface area contributed by atoms with Crippen LogP contribution in [0.3, 0.4) is 0 Å². The van der Waals surface area contributed by atoms with E-state index in [2.05, 4.69) is 26.2 Å². The number of nitrogens with zero attached hydrogens (tertiary/aromatic N) is 2. The minimum Gasteiger partial charge on any atom is -0.482 e. The number of ether oxygens (including phenoxy) is 1. The van der Waals surface area contributed by atoms with Crippen LogP contribution in [-0.2, 0) is 4.79 Å². The first-order valence-corrected chi connectivity index (χ1v) is 9.57. The molecule has 3 aromatic rings. The summed E-state index contributed by atoms with van der Waals surface area (Å²) in [4.78, 5) is 16.3. The van der Waals surface area contributed by atoms with Crippen molar-refractivity contribution >= 4 is 33.4 Å². The second-order valence-electron chi connectivity index (χ2n) is 6.17. The quantitative estimate of drug-likeness (QED) is 0.586. The fourth-order valence-electron chi connectivity index (χ4n) is 2.72. The third-order valence-corrected chi connectivity index (χ3v) is 4.85. The van der Waals surface area contributed by atoms with Crippen LogP contribution >= 0.6 is 27.5 Å². The van der Waals surface area contributed by atoms with E-state index in [0.717, 1.165) is 21.3 Å². The molecule has 0 saturated heterocycles. The fraction of sp³-hybridized carbons (Fsp3) is 0.200. The van der Waals surface area contributed by atoms with Gasteiger partial charge in [-0.15, -0.1) is 0 Å². The second-order valence-corrected chi connectivity index (χ2v) is 7.50. The van der Waals surface area contributed by atoms with Gasteiger partial charge in [0.05, 0.1) is 17.4 Å². The Morgan fingerprint density at radius 3 is 2.70 bits per heavy atom. The Morgan fingerprint density at radius 1 is 1.33 bits per heavy atom. The van der Waals surface area contributed by atoms with Gasteiger partial charge in [0.15, 0.2) is 6.61 Å². The number of aromatic nitrogens is 2. The van der Waals surface area contributed by atoms with Crippen molar-refractivity contribution in [2.75, 3.05) is 6.61 Å². The zero-order chi connectivity index (χ0) is 19.4. The molecule has 3 rings (SSSR count). The molecule has 1 N–H and O–H groups in total. The number of imidazole rings is 1. The highest BCUT2D eigenvalue weighted by Crippen LogP contribution is 2.31. The van der Waals surface area contributed by atoms with E-state index in [1.54, 1.807) is 18.6 Å². The lowest BCUT2D eigenvalue weighted by molar-refractivity contribution is -0.123. The molecule has 1 unspecified atom stereocenters. The van der Waals surface area contributed by atoms with E-state index in [1.165, 1.54) is 0 Å². The molecule has 0 bridgehead atoms. The number of carbonyl (C=O) groups is 1. The summed E-state index contributed by atoms with van der Waals surface area (Å²) in [6.45, 7) is 3.72.